The molecule has 4 aromatic carbocycles. The van der Waals surface area contributed by atoms with E-state index in [-0.39, 0.29) is 30.8 Å². The molecule has 1 amide bonds. The lowest BCUT2D eigenvalue weighted by Crippen LogP contribution is -2.21. The fraction of sp³-hybridized carbons (Fsp3) is 0.333. The van der Waals surface area contributed by atoms with Crippen molar-refractivity contribution in [2.75, 3.05) is 59.8 Å². The van der Waals surface area contributed by atoms with Crippen LogP contribution in [0.5, 0.6) is 11.5 Å². The van der Waals surface area contributed by atoms with Gasteiger partial charge >= 0.3 is 12.4 Å². The van der Waals surface area contributed by atoms with Gasteiger partial charge in [-0.05, 0) is 102 Å². The first-order chi connectivity index (χ1) is 24.8. The number of carbonyl (C=O) groups excluding carboxylic acids is 1. The Balaban J connectivity index is 0.000000531. The molecule has 0 saturated heterocycles. The third-order valence-electron chi connectivity index (χ3n) is 7.47. The highest BCUT2D eigenvalue weighted by molar-refractivity contribution is 6.31. The predicted octanol–water partition coefficient (Wildman–Crippen LogP) is 11.1. The molecule has 1 N–H and O–H groups in total. The summed E-state index contributed by atoms with van der Waals surface area (Å²) in [5, 5.41) is 1.72. The molecule has 0 spiro atoms. The molecule has 0 unspecified atom stereocenters. The molecule has 0 aromatic heterocycles. The first kappa shape index (κ1) is 45.9. The van der Waals surface area contributed by atoms with Crippen LogP contribution in [0, 0.1) is 13.8 Å². The summed E-state index contributed by atoms with van der Waals surface area (Å²) in [6.07, 6.45) is -7.61. The minimum Gasteiger partial charge on any atom is -0.492 e. The summed E-state index contributed by atoms with van der Waals surface area (Å²) in [5.74, 6) is 0.461. The molecule has 0 aliphatic heterocycles. The van der Waals surface area contributed by atoms with Crippen molar-refractivity contribution in [2.24, 2.45) is 4.99 Å². The number of aliphatic imine (C=N–C) groups is 1. The molecule has 0 atom stereocenters. The molecule has 0 bridgehead atoms. The molecular weight excluding hydrogens is 757 g/mol. The number of carbonyl (C=O) groups is 1. The fourth-order valence-electron chi connectivity index (χ4n) is 4.64. The number of halogens is 8. The Labute approximate surface area is 324 Å². The Kier molecular flexibility index (Phi) is 17.3. The number of alkyl halides is 6. The number of aryl methyl sites for hydroxylation is 2. The van der Waals surface area contributed by atoms with Crippen LogP contribution in [0.4, 0.5) is 37.7 Å². The number of nitrogens with one attached hydrogen (secondary N) is 1. The van der Waals surface area contributed by atoms with Crippen LogP contribution in [0.1, 0.15) is 47.0 Å². The van der Waals surface area contributed by atoms with Crippen molar-refractivity contribution in [3.63, 3.8) is 0 Å². The van der Waals surface area contributed by atoms with E-state index in [0.717, 1.165) is 35.9 Å². The number of hydrogen-bond donors (Lipinski definition) is 1. The number of anilines is 1. The summed E-state index contributed by atoms with van der Waals surface area (Å²) < 4.78 is 89.4. The number of rotatable bonds is 12. The number of amides is 1. The van der Waals surface area contributed by atoms with Crippen molar-refractivity contribution in [2.45, 2.75) is 33.6 Å². The Morgan fingerprint density at radius 3 is 1.81 bits per heavy atom. The average Bonchev–Trinajstić information content (AvgIpc) is 3.05. The highest BCUT2D eigenvalue weighted by Gasteiger charge is 2.34. The summed E-state index contributed by atoms with van der Waals surface area (Å²) in [6, 6.07) is 17.5. The zero-order chi connectivity index (χ0) is 39.5. The molecule has 0 aliphatic rings. The van der Waals surface area contributed by atoms with Crippen LogP contribution in [0.25, 0.3) is 0 Å². The third-order valence-corrected chi connectivity index (χ3v) is 8.12. The van der Waals surface area contributed by atoms with Crippen LogP contribution in [0.15, 0.2) is 77.8 Å². The van der Waals surface area contributed by atoms with Gasteiger partial charge in [0.1, 0.15) is 24.7 Å². The molecule has 0 fully saturated rings. The van der Waals surface area contributed by atoms with E-state index >= 15 is 0 Å². The van der Waals surface area contributed by atoms with Crippen LogP contribution in [-0.4, -0.2) is 76.4 Å². The Hall–Kier alpha value is -4.30. The number of hydrogen-bond acceptors (Lipinski definition) is 6. The number of benzene rings is 4. The van der Waals surface area contributed by atoms with Gasteiger partial charge in [0.05, 0.1) is 32.4 Å². The smallest absolute Gasteiger partial charge is 0.417 e. The molecule has 54 heavy (non-hydrogen) atoms. The minimum atomic E-state index is -4.61. The summed E-state index contributed by atoms with van der Waals surface area (Å²) in [6.45, 7) is 5.89. The van der Waals surface area contributed by atoms with Gasteiger partial charge in [-0.15, -0.1) is 0 Å². The highest BCUT2D eigenvalue weighted by atomic mass is 35.5. The van der Waals surface area contributed by atoms with Crippen molar-refractivity contribution in [3.8, 4) is 11.5 Å². The van der Waals surface area contributed by atoms with Gasteiger partial charge in [0.2, 0.25) is 0 Å². The van der Waals surface area contributed by atoms with Crippen LogP contribution in [0.3, 0.4) is 0 Å². The van der Waals surface area contributed by atoms with E-state index < -0.39 is 34.4 Å². The lowest BCUT2D eigenvalue weighted by atomic mass is 10.1. The summed E-state index contributed by atoms with van der Waals surface area (Å²) in [5.41, 5.74) is 0.842. The van der Waals surface area contributed by atoms with Crippen LogP contribution >= 0.6 is 23.2 Å². The summed E-state index contributed by atoms with van der Waals surface area (Å²) in [4.78, 5) is 20.8. The summed E-state index contributed by atoms with van der Waals surface area (Å²) in [7, 11) is 7.68. The lowest BCUT2D eigenvalue weighted by molar-refractivity contribution is -0.138. The van der Waals surface area contributed by atoms with Gasteiger partial charge in [-0.2, -0.15) is 26.3 Å². The van der Waals surface area contributed by atoms with Crippen LogP contribution in [0.2, 0.25) is 10.0 Å². The lowest BCUT2D eigenvalue weighted by Gasteiger charge is -2.16. The molecular formula is C39H46Cl2F6N4O3. The van der Waals surface area contributed by atoms with E-state index in [9.17, 15) is 31.1 Å². The van der Waals surface area contributed by atoms with Gasteiger partial charge in [-0.25, -0.2) is 0 Å². The molecule has 7 nitrogen and oxygen atoms in total. The van der Waals surface area contributed by atoms with E-state index in [1.807, 2.05) is 63.1 Å². The maximum Gasteiger partial charge on any atom is 0.417 e. The van der Waals surface area contributed by atoms with Crippen molar-refractivity contribution < 1.29 is 42.0 Å². The van der Waals surface area contributed by atoms with Crippen molar-refractivity contribution in [1.82, 2.24) is 9.80 Å². The van der Waals surface area contributed by atoms with E-state index in [1.165, 1.54) is 24.4 Å². The van der Waals surface area contributed by atoms with Gasteiger partial charge in [-0.1, -0.05) is 54.9 Å². The minimum absolute atomic E-state index is 0. The van der Waals surface area contributed by atoms with Gasteiger partial charge in [0, 0.05) is 32.0 Å². The SMILES string of the molecule is C.Cc1cccc(OCCN(C)C)c1C(=O)Nc1ccc(Cl)c(C(F)(F)F)c1.Cc1cccc(OCCN(C)C)c1C=Nc1ccc(Cl)c(C(F)(F)F)c1.[2HH]. The fourth-order valence-corrected chi connectivity index (χ4v) is 5.09. The second-order valence-corrected chi connectivity index (χ2v) is 13.1. The van der Waals surface area contributed by atoms with Gasteiger partial charge < -0.3 is 24.6 Å². The van der Waals surface area contributed by atoms with Crippen molar-refractivity contribution >= 4 is 46.7 Å². The van der Waals surface area contributed by atoms with Crippen LogP contribution in [-0.2, 0) is 12.4 Å². The second-order valence-electron chi connectivity index (χ2n) is 12.3. The molecule has 296 valence electrons. The van der Waals surface area contributed by atoms with E-state index in [0.29, 0.717) is 36.8 Å². The van der Waals surface area contributed by atoms with E-state index in [4.69, 9.17) is 32.7 Å². The van der Waals surface area contributed by atoms with Crippen molar-refractivity contribution in [3.05, 3.63) is 116 Å². The van der Waals surface area contributed by atoms with Gasteiger partial charge in [-0.3, -0.25) is 9.79 Å². The number of likely N-dealkylation sites (N-methyl/N-ethyl adjacent to an activating group) is 2. The highest BCUT2D eigenvalue weighted by Crippen LogP contribution is 2.38. The maximum atomic E-state index is 13.0. The second kappa shape index (κ2) is 20.4. The Morgan fingerprint density at radius 1 is 0.759 bits per heavy atom. The predicted molar refractivity (Wildman–Crippen MR) is 207 cm³/mol. The Bertz CT molecular complexity index is 1890. The van der Waals surface area contributed by atoms with Gasteiger partial charge in [0.25, 0.3) is 5.91 Å². The molecule has 0 heterocycles. The molecule has 0 aliphatic carbocycles. The molecule has 4 rings (SSSR count). The zero-order valence-electron chi connectivity index (χ0n) is 29.9. The maximum absolute atomic E-state index is 13.0. The largest absolute Gasteiger partial charge is 0.492 e. The quantitative estimate of drug-likeness (QED) is 0.114. The molecule has 0 radical (unpaired) electrons. The normalized spacial score (nSPS) is 11.6. The van der Waals surface area contributed by atoms with E-state index in [2.05, 4.69) is 10.3 Å². The van der Waals surface area contributed by atoms with E-state index in [1.54, 1.807) is 25.1 Å². The molecule has 15 heteroatoms. The average molecular weight is 805 g/mol. The van der Waals surface area contributed by atoms with Crippen LogP contribution < -0.4 is 14.8 Å². The molecule has 0 saturated carbocycles. The number of ether oxygens (including phenoxy) is 2. The first-order valence-corrected chi connectivity index (χ1v) is 16.9. The standard InChI is InChI=1S/C19H20ClF3N2O2.C19H20ClF3N2O.CH4.H2/c1-12-5-4-6-16(27-10-9-25(2)3)17(12)18(26)24-13-7-8-15(20)14(11-13)19(21,22)23;1-13-5-4-6-18(26-10-9-25(2)3)15(13)12-24-14-7-8-17(20)16(11-14)19(21,22)23;;/h4-8,11H,9-10H2,1-3H3,(H,24,26);4-8,11-12H,9-10H2,1-3H3;1H4;1H/i;;;1+1. The summed E-state index contributed by atoms with van der Waals surface area (Å²) >= 11 is 11.2. The first-order valence-electron chi connectivity index (χ1n) is 16.1. The topological polar surface area (TPSA) is 66.4 Å². The van der Waals surface area contributed by atoms with Crippen molar-refractivity contribution in [1.29, 1.82) is 0 Å². The number of nitrogens with zero attached hydrogens (tertiary/aromatic N) is 3. The third kappa shape index (κ3) is 13.8. The molecule has 4 aromatic rings. The Morgan fingerprint density at radius 2 is 1.26 bits per heavy atom. The monoisotopic (exact) mass is 803 g/mol. The zero-order valence-corrected chi connectivity index (χ0v) is 31.4. The van der Waals surface area contributed by atoms with Gasteiger partial charge in [0.15, 0.2) is 0 Å².